The lowest BCUT2D eigenvalue weighted by Crippen LogP contribution is -2.15. The van der Waals surface area contributed by atoms with Crippen molar-refractivity contribution >= 4 is 11.9 Å². The van der Waals surface area contributed by atoms with E-state index in [2.05, 4.69) is 0 Å². The second-order valence-corrected chi connectivity index (χ2v) is 8.48. The molecule has 38 heavy (non-hydrogen) atoms. The summed E-state index contributed by atoms with van der Waals surface area (Å²) in [5.41, 5.74) is 2.35. The van der Waals surface area contributed by atoms with Gasteiger partial charge in [0.1, 0.15) is 17.4 Å². The molecule has 4 rings (SSSR count). The molecule has 0 unspecified atom stereocenters. The van der Waals surface area contributed by atoms with E-state index < -0.39 is 18.0 Å². The number of ether oxygens (including phenoxy) is 6. The number of benzene rings is 2. The third-order valence-electron chi connectivity index (χ3n) is 6.28. The van der Waals surface area contributed by atoms with Crippen molar-refractivity contribution in [2.24, 2.45) is 0 Å². The minimum atomic E-state index is -0.818. The smallest absolute Gasteiger partial charge is 0.342 e. The van der Waals surface area contributed by atoms with Crippen LogP contribution >= 0.6 is 0 Å². The Kier molecular flexibility index (Phi) is 7.85. The number of carbonyl (C=O) groups excluding carboxylic acids is 2. The van der Waals surface area contributed by atoms with E-state index in [0.717, 1.165) is 5.56 Å². The fourth-order valence-electron chi connectivity index (χ4n) is 4.63. The predicted octanol–water partition coefficient (Wildman–Crippen LogP) is 4.52. The molecule has 1 aliphatic carbocycles. The maximum Gasteiger partial charge on any atom is 0.342 e. The average molecular weight is 521 g/mol. The molecule has 9 nitrogen and oxygen atoms in total. The number of esters is 2. The summed E-state index contributed by atoms with van der Waals surface area (Å²) in [5.74, 6) is 0.256. The van der Waals surface area contributed by atoms with Gasteiger partial charge in [0.15, 0.2) is 17.2 Å². The van der Waals surface area contributed by atoms with Gasteiger partial charge in [0.25, 0.3) is 0 Å². The number of hydrogen-bond acceptors (Lipinski definition) is 9. The van der Waals surface area contributed by atoms with Gasteiger partial charge in [-0.1, -0.05) is 12.1 Å². The van der Waals surface area contributed by atoms with Crippen molar-refractivity contribution in [1.82, 2.24) is 0 Å². The van der Waals surface area contributed by atoms with Crippen LogP contribution in [0.15, 0.2) is 53.3 Å². The molecule has 0 heterocycles. The molecule has 0 aliphatic heterocycles. The molecule has 198 valence electrons. The molecule has 0 aromatic heterocycles. The van der Waals surface area contributed by atoms with E-state index in [1.807, 2.05) is 6.07 Å². The summed E-state index contributed by atoms with van der Waals surface area (Å²) < 4.78 is 33.4. The van der Waals surface area contributed by atoms with Gasteiger partial charge >= 0.3 is 11.9 Å². The van der Waals surface area contributed by atoms with Crippen LogP contribution in [-0.2, 0) is 16.0 Å². The number of hydrogen-bond donors (Lipinski definition) is 0. The Labute approximate surface area is 219 Å². The summed E-state index contributed by atoms with van der Waals surface area (Å²) in [6.45, 7) is 1.25. The van der Waals surface area contributed by atoms with Crippen molar-refractivity contribution in [1.29, 1.82) is 0 Å². The molecule has 0 bridgehead atoms. The van der Waals surface area contributed by atoms with Crippen molar-refractivity contribution in [3.05, 3.63) is 75.4 Å². The highest BCUT2D eigenvalue weighted by Crippen LogP contribution is 2.50. The Bertz CT molecular complexity index is 1440. The number of para-hydroxylation sites is 1. The first-order valence-electron chi connectivity index (χ1n) is 11.9. The van der Waals surface area contributed by atoms with E-state index in [1.54, 1.807) is 24.3 Å². The van der Waals surface area contributed by atoms with Crippen molar-refractivity contribution in [2.45, 2.75) is 25.9 Å². The highest BCUT2D eigenvalue weighted by Gasteiger charge is 2.31. The molecule has 0 spiro atoms. The van der Waals surface area contributed by atoms with Gasteiger partial charge in [0.2, 0.25) is 11.2 Å². The summed E-state index contributed by atoms with van der Waals surface area (Å²) in [6.07, 6.45) is 0.00680. The van der Waals surface area contributed by atoms with E-state index in [9.17, 15) is 14.4 Å². The van der Waals surface area contributed by atoms with Crippen molar-refractivity contribution in [3.63, 3.8) is 0 Å². The van der Waals surface area contributed by atoms with Crippen molar-refractivity contribution < 1.29 is 38.0 Å². The molecule has 0 amide bonds. The zero-order valence-corrected chi connectivity index (χ0v) is 21.8. The fraction of sp³-hybridized carbons (Fsp3) is 0.276. The fourth-order valence-corrected chi connectivity index (χ4v) is 4.63. The lowest BCUT2D eigenvalue weighted by molar-refractivity contribution is -0.131. The highest BCUT2D eigenvalue weighted by molar-refractivity contribution is 5.94. The van der Waals surface area contributed by atoms with Crippen LogP contribution in [0.4, 0.5) is 0 Å². The average Bonchev–Trinajstić information content (AvgIpc) is 3.15. The van der Waals surface area contributed by atoms with Crippen molar-refractivity contribution in [2.75, 3.05) is 28.4 Å². The minimum Gasteiger partial charge on any atom is -0.493 e. The van der Waals surface area contributed by atoms with Gasteiger partial charge in [0, 0.05) is 18.1 Å². The number of fused-ring (bicyclic) bond motifs is 3. The Balaban J connectivity index is 1.90. The maximum atomic E-state index is 13.3. The number of aryl methyl sites for hydroxylation is 1. The molecular formula is C29H28O9. The number of carbonyl (C=O) groups is 2. The minimum absolute atomic E-state index is 0.0862. The summed E-state index contributed by atoms with van der Waals surface area (Å²) in [7, 11) is 5.98. The first kappa shape index (κ1) is 26.5. The molecule has 0 fully saturated rings. The quantitative estimate of drug-likeness (QED) is 0.328. The Morgan fingerprint density at radius 3 is 2.18 bits per heavy atom. The Morgan fingerprint density at radius 1 is 0.816 bits per heavy atom. The van der Waals surface area contributed by atoms with Crippen LogP contribution in [0.25, 0.3) is 11.1 Å². The lowest BCUT2D eigenvalue weighted by atomic mass is 9.96. The molecule has 9 heteroatoms. The second kappa shape index (κ2) is 11.2. The van der Waals surface area contributed by atoms with E-state index in [4.69, 9.17) is 28.4 Å². The van der Waals surface area contributed by atoms with Crippen molar-refractivity contribution in [3.8, 4) is 39.9 Å². The Hall–Kier alpha value is -4.53. The van der Waals surface area contributed by atoms with Crippen LogP contribution < -0.4 is 29.1 Å². The molecule has 0 saturated heterocycles. The molecule has 3 aromatic rings. The number of rotatable bonds is 7. The molecule has 0 N–H and O–H groups in total. The third-order valence-corrected chi connectivity index (χ3v) is 6.28. The number of methoxy groups -OCH3 is 4. The van der Waals surface area contributed by atoms with E-state index in [1.165, 1.54) is 53.6 Å². The van der Waals surface area contributed by atoms with Crippen LogP contribution in [0.2, 0.25) is 0 Å². The summed E-state index contributed by atoms with van der Waals surface area (Å²) in [4.78, 5) is 37.9. The molecule has 1 aliphatic rings. The monoisotopic (exact) mass is 520 g/mol. The van der Waals surface area contributed by atoms with Gasteiger partial charge in [-0.3, -0.25) is 9.59 Å². The van der Waals surface area contributed by atoms with Crippen LogP contribution in [0.5, 0.6) is 28.7 Å². The molecular weight excluding hydrogens is 492 g/mol. The third kappa shape index (κ3) is 5.00. The second-order valence-electron chi connectivity index (χ2n) is 8.48. The van der Waals surface area contributed by atoms with Gasteiger partial charge in [-0.05, 0) is 60.4 Å². The normalized spacial score (nSPS) is 13.8. The van der Waals surface area contributed by atoms with Gasteiger partial charge in [-0.2, -0.15) is 0 Å². The van der Waals surface area contributed by atoms with E-state index in [-0.39, 0.29) is 22.5 Å². The topological polar surface area (TPSA) is 107 Å². The van der Waals surface area contributed by atoms with Gasteiger partial charge < -0.3 is 28.4 Å². The SMILES string of the molecule is COc1cc2c(c(OC)c1OC)-c1ccc(OC)c(=O)cc1[C@H](OC(=O)c1ccccc1OC(C)=O)CC2. The first-order valence-corrected chi connectivity index (χ1v) is 11.9. The zero-order chi connectivity index (χ0) is 27.4. The predicted molar refractivity (Wildman–Crippen MR) is 139 cm³/mol. The Morgan fingerprint density at radius 2 is 1.53 bits per heavy atom. The highest BCUT2D eigenvalue weighted by atomic mass is 16.6. The van der Waals surface area contributed by atoms with Crippen LogP contribution in [0.1, 0.15) is 40.9 Å². The molecule has 3 aromatic carbocycles. The van der Waals surface area contributed by atoms with E-state index >= 15 is 0 Å². The first-order chi connectivity index (χ1) is 18.3. The lowest BCUT2D eigenvalue weighted by Gasteiger charge is -2.20. The largest absolute Gasteiger partial charge is 0.493 e. The molecule has 0 radical (unpaired) electrons. The molecule has 1 atom stereocenters. The van der Waals surface area contributed by atoms with Crippen LogP contribution in [0.3, 0.4) is 0 Å². The summed E-state index contributed by atoms with van der Waals surface area (Å²) in [6, 6.07) is 12.9. The van der Waals surface area contributed by atoms with Crippen LogP contribution in [0, 0.1) is 0 Å². The summed E-state index contributed by atoms with van der Waals surface area (Å²) >= 11 is 0. The zero-order valence-electron chi connectivity index (χ0n) is 21.8. The van der Waals surface area contributed by atoms with Gasteiger partial charge in [0.05, 0.1) is 28.4 Å². The van der Waals surface area contributed by atoms with Gasteiger partial charge in [-0.15, -0.1) is 0 Å². The summed E-state index contributed by atoms with van der Waals surface area (Å²) in [5, 5.41) is 0. The standard InChI is InChI=1S/C29H28O9/c1-16(30)37-22-9-7-6-8-19(22)29(32)38-23-12-10-17-14-25(34-3)27(35-4)28(36-5)26(17)18-11-13-24(33-2)21(31)15-20(18)23/h6-9,11,13-15,23H,10,12H2,1-5H3/t23-/m1/s1. The maximum absolute atomic E-state index is 13.3. The van der Waals surface area contributed by atoms with Crippen LogP contribution in [-0.4, -0.2) is 40.4 Å². The van der Waals surface area contributed by atoms with Gasteiger partial charge in [-0.25, -0.2) is 4.79 Å². The molecule has 0 saturated carbocycles. The van der Waals surface area contributed by atoms with E-state index in [0.29, 0.717) is 46.8 Å².